The first-order valence-corrected chi connectivity index (χ1v) is 16.8. The van der Waals surface area contributed by atoms with Crippen LogP contribution in [0.2, 0.25) is 0 Å². The summed E-state index contributed by atoms with van der Waals surface area (Å²) in [5, 5.41) is 0. The van der Waals surface area contributed by atoms with E-state index < -0.39 is 0 Å². The predicted octanol–water partition coefficient (Wildman–Crippen LogP) is 11.6. The fourth-order valence-electron chi connectivity index (χ4n) is 7.94. The van der Waals surface area contributed by atoms with Gasteiger partial charge >= 0.3 is 0 Å². The summed E-state index contributed by atoms with van der Waals surface area (Å²) in [6, 6.07) is 14.4. The second kappa shape index (κ2) is 14.2. The Morgan fingerprint density at radius 1 is 0.692 bits per heavy atom. The molecule has 0 unspecified atom stereocenters. The number of rotatable bonds is 12. The van der Waals surface area contributed by atoms with Gasteiger partial charge in [-0.15, -0.1) is 0 Å². The van der Waals surface area contributed by atoms with Crippen molar-refractivity contribution in [2.24, 2.45) is 23.2 Å². The molecule has 0 radical (unpaired) electrons. The molecule has 1 nitrogen and oxygen atoms in total. The molecule has 2 saturated carbocycles. The van der Waals surface area contributed by atoms with Crippen molar-refractivity contribution in [3.63, 3.8) is 0 Å². The fourth-order valence-corrected chi connectivity index (χ4v) is 7.94. The number of aryl methyl sites for hydroxylation is 2. The standard InChI is InChI=1S/C38H58O/c1-7-29-26-34(33-18-16-32(17-19-33)31-14-12-28(6)13-15-31)20-22-36(29)35-21-23-37(30(8-2)27-35)39-25-24-38(9-3,10-4)11-5/h20-23,26-28,31-33H,7-19,24-25H2,1-6H3. The molecule has 0 aliphatic heterocycles. The number of ether oxygens (including phenoxy) is 1. The summed E-state index contributed by atoms with van der Waals surface area (Å²) < 4.78 is 6.39. The van der Waals surface area contributed by atoms with Crippen LogP contribution in [0.15, 0.2) is 36.4 Å². The maximum absolute atomic E-state index is 6.39. The van der Waals surface area contributed by atoms with Gasteiger partial charge < -0.3 is 4.74 Å². The molecule has 2 aliphatic rings. The van der Waals surface area contributed by atoms with Crippen molar-refractivity contribution in [1.82, 2.24) is 0 Å². The summed E-state index contributed by atoms with van der Waals surface area (Å²) in [4.78, 5) is 0. The Bertz CT molecular complexity index is 1010. The topological polar surface area (TPSA) is 9.23 Å². The fraction of sp³-hybridized carbons (Fsp3) is 0.684. The first-order valence-electron chi connectivity index (χ1n) is 16.8. The molecule has 39 heavy (non-hydrogen) atoms. The molecule has 0 heterocycles. The molecule has 0 N–H and O–H groups in total. The Labute approximate surface area is 241 Å². The zero-order valence-corrected chi connectivity index (χ0v) is 26.3. The molecule has 0 aromatic heterocycles. The lowest BCUT2D eigenvalue weighted by molar-refractivity contribution is 0.165. The molecular weight excluding hydrogens is 472 g/mol. The Morgan fingerprint density at radius 2 is 1.31 bits per heavy atom. The van der Waals surface area contributed by atoms with Crippen molar-refractivity contribution in [2.45, 2.75) is 137 Å². The highest BCUT2D eigenvalue weighted by Gasteiger charge is 2.30. The van der Waals surface area contributed by atoms with E-state index >= 15 is 0 Å². The van der Waals surface area contributed by atoms with Crippen LogP contribution in [-0.4, -0.2) is 6.61 Å². The number of benzene rings is 2. The summed E-state index contributed by atoms with van der Waals surface area (Å²) in [7, 11) is 0. The molecule has 2 aromatic rings. The Balaban J connectivity index is 1.41. The average molecular weight is 531 g/mol. The highest BCUT2D eigenvalue weighted by molar-refractivity contribution is 5.70. The Kier molecular flexibility index (Phi) is 11.0. The van der Waals surface area contributed by atoms with E-state index in [0.29, 0.717) is 5.41 Å². The lowest BCUT2D eigenvalue weighted by Crippen LogP contribution is -2.24. The van der Waals surface area contributed by atoms with Gasteiger partial charge in [-0.1, -0.05) is 97.9 Å². The predicted molar refractivity (Wildman–Crippen MR) is 170 cm³/mol. The third kappa shape index (κ3) is 7.31. The molecule has 0 bridgehead atoms. The zero-order chi connectivity index (χ0) is 27.8. The molecular formula is C38H58O. The van der Waals surface area contributed by atoms with Gasteiger partial charge in [0.15, 0.2) is 0 Å². The van der Waals surface area contributed by atoms with Gasteiger partial charge in [0.25, 0.3) is 0 Å². The van der Waals surface area contributed by atoms with Gasteiger partial charge in [-0.3, -0.25) is 0 Å². The van der Waals surface area contributed by atoms with Crippen molar-refractivity contribution in [3.05, 3.63) is 53.1 Å². The lowest BCUT2D eigenvalue weighted by Gasteiger charge is -2.37. The van der Waals surface area contributed by atoms with Crippen LogP contribution >= 0.6 is 0 Å². The SMILES string of the molecule is CCc1cc(-c2ccc(C3CCC(C4CCC(C)CC4)CC3)cc2CC)ccc1OCCC(CC)(CC)CC. The smallest absolute Gasteiger partial charge is 0.122 e. The largest absolute Gasteiger partial charge is 0.493 e. The third-order valence-electron chi connectivity index (χ3n) is 11.4. The summed E-state index contributed by atoms with van der Waals surface area (Å²) in [5.41, 5.74) is 7.62. The quantitative estimate of drug-likeness (QED) is 0.265. The van der Waals surface area contributed by atoms with E-state index in [1.165, 1.54) is 92.9 Å². The van der Waals surface area contributed by atoms with Gasteiger partial charge in [0.2, 0.25) is 0 Å². The van der Waals surface area contributed by atoms with Crippen LogP contribution in [0.4, 0.5) is 0 Å². The van der Waals surface area contributed by atoms with Crippen LogP contribution in [0.3, 0.4) is 0 Å². The molecule has 2 fully saturated rings. The van der Waals surface area contributed by atoms with Crippen LogP contribution in [0.1, 0.15) is 141 Å². The summed E-state index contributed by atoms with van der Waals surface area (Å²) in [6.07, 6.45) is 18.5. The molecule has 0 saturated heterocycles. The average Bonchev–Trinajstić information content (AvgIpc) is 3.00. The summed E-state index contributed by atoms with van der Waals surface area (Å²) >= 11 is 0. The van der Waals surface area contributed by atoms with Gasteiger partial charge in [-0.05, 0) is 127 Å². The van der Waals surface area contributed by atoms with E-state index in [0.717, 1.165) is 55.3 Å². The minimum Gasteiger partial charge on any atom is -0.493 e. The van der Waals surface area contributed by atoms with Gasteiger partial charge in [0, 0.05) is 0 Å². The molecule has 0 spiro atoms. The van der Waals surface area contributed by atoms with E-state index in [2.05, 4.69) is 77.9 Å². The van der Waals surface area contributed by atoms with Crippen LogP contribution < -0.4 is 4.74 Å². The van der Waals surface area contributed by atoms with Crippen molar-refractivity contribution in [3.8, 4) is 16.9 Å². The van der Waals surface area contributed by atoms with Crippen LogP contribution in [0.5, 0.6) is 5.75 Å². The van der Waals surface area contributed by atoms with E-state index in [1.807, 2.05) is 0 Å². The lowest BCUT2D eigenvalue weighted by atomic mass is 9.68. The summed E-state index contributed by atoms with van der Waals surface area (Å²) in [6.45, 7) is 14.8. The van der Waals surface area contributed by atoms with Gasteiger partial charge in [0.05, 0.1) is 6.61 Å². The molecule has 2 aliphatic carbocycles. The zero-order valence-electron chi connectivity index (χ0n) is 26.3. The first kappa shape index (κ1) is 30.2. The van der Waals surface area contributed by atoms with Crippen LogP contribution in [0, 0.1) is 23.2 Å². The second-order valence-electron chi connectivity index (χ2n) is 13.2. The second-order valence-corrected chi connectivity index (χ2v) is 13.2. The van der Waals surface area contributed by atoms with E-state index in [-0.39, 0.29) is 0 Å². The normalized spacial score (nSPS) is 24.1. The Morgan fingerprint density at radius 3 is 1.90 bits per heavy atom. The van der Waals surface area contributed by atoms with Gasteiger partial charge in [-0.25, -0.2) is 0 Å². The van der Waals surface area contributed by atoms with Crippen molar-refractivity contribution in [1.29, 1.82) is 0 Å². The monoisotopic (exact) mass is 530 g/mol. The Hall–Kier alpha value is -1.76. The molecule has 2 aromatic carbocycles. The number of hydrogen-bond acceptors (Lipinski definition) is 1. The van der Waals surface area contributed by atoms with Crippen molar-refractivity contribution >= 4 is 0 Å². The molecule has 0 atom stereocenters. The van der Waals surface area contributed by atoms with Gasteiger partial charge in [0.1, 0.15) is 5.75 Å². The number of hydrogen-bond donors (Lipinski definition) is 0. The van der Waals surface area contributed by atoms with Crippen molar-refractivity contribution in [2.75, 3.05) is 6.61 Å². The molecule has 0 amide bonds. The van der Waals surface area contributed by atoms with E-state index in [9.17, 15) is 0 Å². The van der Waals surface area contributed by atoms with Crippen LogP contribution in [-0.2, 0) is 12.8 Å². The molecule has 1 heteroatoms. The van der Waals surface area contributed by atoms with Gasteiger partial charge in [-0.2, -0.15) is 0 Å². The minimum atomic E-state index is 0.428. The highest BCUT2D eigenvalue weighted by atomic mass is 16.5. The maximum atomic E-state index is 6.39. The minimum absolute atomic E-state index is 0.428. The summed E-state index contributed by atoms with van der Waals surface area (Å²) in [5.74, 6) is 4.81. The van der Waals surface area contributed by atoms with E-state index in [1.54, 1.807) is 5.56 Å². The van der Waals surface area contributed by atoms with Crippen LogP contribution in [0.25, 0.3) is 11.1 Å². The highest BCUT2D eigenvalue weighted by Crippen LogP contribution is 2.44. The molecule has 216 valence electrons. The maximum Gasteiger partial charge on any atom is 0.122 e. The van der Waals surface area contributed by atoms with E-state index in [4.69, 9.17) is 4.74 Å². The third-order valence-corrected chi connectivity index (χ3v) is 11.4. The first-order chi connectivity index (χ1) is 19.0. The molecule has 4 rings (SSSR count). The van der Waals surface area contributed by atoms with Crippen molar-refractivity contribution < 1.29 is 4.74 Å².